The predicted molar refractivity (Wildman–Crippen MR) is 85.4 cm³/mol. The van der Waals surface area contributed by atoms with Gasteiger partial charge in [0.05, 0.1) is 40.8 Å². The smallest absolute Gasteiger partial charge is 0.309 e. The van der Waals surface area contributed by atoms with Gasteiger partial charge in [0.1, 0.15) is 6.54 Å². The first-order chi connectivity index (χ1) is 11.1. The molecule has 0 radical (unpaired) electrons. The Hall–Kier alpha value is -1.90. The number of carbonyl (C=O) groups excluding carboxylic acids is 2. The molecule has 0 saturated heterocycles. The molecule has 0 aromatic carbocycles. The van der Waals surface area contributed by atoms with Gasteiger partial charge in [0.15, 0.2) is 6.10 Å². The Bertz CT molecular complexity index is 407. The monoisotopic (exact) mass is 349 g/mol. The second-order valence-electron chi connectivity index (χ2n) is 6.46. The van der Waals surface area contributed by atoms with Crippen LogP contribution in [-0.2, 0) is 23.9 Å². The summed E-state index contributed by atoms with van der Waals surface area (Å²) in [4.78, 5) is 37.7. The van der Waals surface area contributed by atoms with E-state index >= 15 is 0 Å². The van der Waals surface area contributed by atoms with E-state index in [1.54, 1.807) is 6.92 Å². The van der Waals surface area contributed by atoms with Gasteiger partial charge in [-0.3, -0.25) is 9.59 Å². The van der Waals surface area contributed by atoms with E-state index in [2.05, 4.69) is 4.84 Å². The molecule has 0 unspecified atom stereocenters. The Morgan fingerprint density at radius 3 is 2.33 bits per heavy atom. The van der Waals surface area contributed by atoms with Gasteiger partial charge in [0.25, 0.3) is 5.09 Å². The highest BCUT2D eigenvalue weighted by Gasteiger charge is 2.25. The van der Waals surface area contributed by atoms with Crippen LogP contribution in [-0.4, -0.2) is 68.5 Å². The van der Waals surface area contributed by atoms with Crippen LogP contribution in [0.1, 0.15) is 39.0 Å². The molecule has 1 atom stereocenters. The minimum Gasteiger partial charge on any atom is -0.466 e. The quantitative estimate of drug-likeness (QED) is 0.162. The third-order valence-corrected chi connectivity index (χ3v) is 2.97. The van der Waals surface area contributed by atoms with Gasteiger partial charge in [0, 0.05) is 6.42 Å². The molecule has 0 aliphatic heterocycles. The van der Waals surface area contributed by atoms with Gasteiger partial charge in [-0.15, -0.1) is 10.1 Å². The second-order valence-corrected chi connectivity index (χ2v) is 6.46. The fourth-order valence-electron chi connectivity index (χ4n) is 2.09. The fourth-order valence-corrected chi connectivity index (χ4v) is 2.09. The predicted octanol–water partition coefficient (Wildman–Crippen LogP) is 1.33. The Kier molecular flexibility index (Phi) is 10.7. The van der Waals surface area contributed by atoms with Gasteiger partial charge in [0.2, 0.25) is 0 Å². The average molecular weight is 349 g/mol. The number of quaternary nitrogens is 1. The van der Waals surface area contributed by atoms with Crippen LogP contribution in [0.3, 0.4) is 0 Å². The van der Waals surface area contributed by atoms with Crippen LogP contribution in [0, 0.1) is 10.1 Å². The third-order valence-electron chi connectivity index (χ3n) is 2.97. The highest BCUT2D eigenvalue weighted by molar-refractivity contribution is 5.72. The molecule has 0 rings (SSSR count). The summed E-state index contributed by atoms with van der Waals surface area (Å²) in [5.41, 5.74) is 0. The van der Waals surface area contributed by atoms with E-state index in [1.165, 1.54) is 0 Å². The molecule has 0 N–H and O–H groups in total. The number of esters is 2. The van der Waals surface area contributed by atoms with Crippen LogP contribution in [0.15, 0.2) is 0 Å². The fraction of sp³-hybridized carbons (Fsp3) is 0.867. The van der Waals surface area contributed by atoms with Crippen molar-refractivity contribution < 1.29 is 33.5 Å². The summed E-state index contributed by atoms with van der Waals surface area (Å²) in [6.45, 7) is 2.54. The summed E-state index contributed by atoms with van der Waals surface area (Å²) in [6.07, 6.45) is 1.38. The Morgan fingerprint density at radius 2 is 1.79 bits per heavy atom. The molecule has 0 amide bonds. The summed E-state index contributed by atoms with van der Waals surface area (Å²) in [5, 5.41) is 9.15. The molecule has 0 spiro atoms. The summed E-state index contributed by atoms with van der Waals surface area (Å²) < 4.78 is 10.9. The topological polar surface area (TPSA) is 105 Å². The highest BCUT2D eigenvalue weighted by Crippen LogP contribution is 2.10. The lowest BCUT2D eigenvalue weighted by atomic mass is 10.2. The van der Waals surface area contributed by atoms with E-state index in [0.29, 0.717) is 30.3 Å². The zero-order chi connectivity index (χ0) is 18.6. The maximum Gasteiger partial charge on any atom is 0.309 e. The molecular weight excluding hydrogens is 320 g/mol. The Morgan fingerprint density at radius 1 is 1.12 bits per heavy atom. The maximum absolute atomic E-state index is 11.9. The van der Waals surface area contributed by atoms with Crippen molar-refractivity contribution in [3.8, 4) is 0 Å². The lowest BCUT2D eigenvalue weighted by Gasteiger charge is -2.28. The highest BCUT2D eigenvalue weighted by atomic mass is 16.9. The number of unbranched alkanes of at least 4 members (excludes halogenated alkanes) is 2. The van der Waals surface area contributed by atoms with Crippen molar-refractivity contribution in [2.24, 2.45) is 0 Å². The van der Waals surface area contributed by atoms with E-state index in [1.807, 2.05) is 21.1 Å². The van der Waals surface area contributed by atoms with Gasteiger partial charge in [-0.2, -0.15) is 0 Å². The molecule has 0 fully saturated rings. The first-order valence-corrected chi connectivity index (χ1v) is 8.07. The summed E-state index contributed by atoms with van der Waals surface area (Å²) in [5.74, 6) is -0.770. The summed E-state index contributed by atoms with van der Waals surface area (Å²) in [7, 11) is 5.84. The minimum atomic E-state index is -0.834. The van der Waals surface area contributed by atoms with Crippen molar-refractivity contribution in [3.63, 3.8) is 0 Å². The molecule has 9 nitrogen and oxygen atoms in total. The normalized spacial score (nSPS) is 12.3. The molecule has 0 bridgehead atoms. The zero-order valence-corrected chi connectivity index (χ0v) is 15.0. The van der Waals surface area contributed by atoms with Crippen LogP contribution in [0.25, 0.3) is 0 Å². The Balaban J connectivity index is 4.18. The number of carbonyl (C=O) groups is 2. The molecule has 0 heterocycles. The van der Waals surface area contributed by atoms with E-state index in [0.717, 1.165) is 0 Å². The van der Waals surface area contributed by atoms with E-state index < -0.39 is 11.2 Å². The molecule has 0 saturated carbocycles. The number of hydrogen-bond donors (Lipinski definition) is 0. The van der Waals surface area contributed by atoms with Gasteiger partial charge < -0.3 is 18.8 Å². The number of nitrogens with zero attached hydrogens (tertiary/aromatic N) is 2. The van der Waals surface area contributed by atoms with Gasteiger partial charge >= 0.3 is 11.9 Å². The molecular formula is C15H29N2O7+. The van der Waals surface area contributed by atoms with Gasteiger partial charge in [-0.25, -0.2) is 0 Å². The van der Waals surface area contributed by atoms with Crippen molar-refractivity contribution in [2.45, 2.75) is 45.1 Å². The second kappa shape index (κ2) is 11.6. The molecule has 140 valence electrons. The first kappa shape index (κ1) is 22.1. The summed E-state index contributed by atoms with van der Waals surface area (Å²) >= 11 is 0. The number of rotatable bonds is 13. The average Bonchev–Trinajstić information content (AvgIpc) is 2.40. The lowest BCUT2D eigenvalue weighted by molar-refractivity contribution is -0.873. The van der Waals surface area contributed by atoms with E-state index in [-0.39, 0.29) is 38.0 Å². The molecule has 24 heavy (non-hydrogen) atoms. The number of ether oxygens (including phenoxy) is 2. The standard InChI is InChI=1S/C15H29N2O7/c1-5-22-15(19)11-13(12-17(2,3)4)24-14(18)9-7-6-8-10-23-16(20)21/h13H,5-12H2,1-4H3/q+1/t13-/m0/s1. The molecule has 0 aromatic heterocycles. The Labute approximate surface area is 142 Å². The van der Waals surface area contributed by atoms with Crippen LogP contribution in [0.5, 0.6) is 0 Å². The zero-order valence-electron chi connectivity index (χ0n) is 15.0. The van der Waals surface area contributed by atoms with Gasteiger partial charge in [-0.1, -0.05) is 6.42 Å². The van der Waals surface area contributed by atoms with Gasteiger partial charge in [-0.05, 0) is 19.8 Å². The minimum absolute atomic E-state index is 0.0229. The van der Waals surface area contributed by atoms with Crippen LogP contribution in [0.2, 0.25) is 0 Å². The molecule has 0 aromatic rings. The summed E-state index contributed by atoms with van der Waals surface area (Å²) in [6, 6.07) is 0. The SMILES string of the molecule is CCOC(=O)C[C@@H](C[N+](C)(C)C)OC(=O)CCCCCO[N+](=O)[O-]. The largest absolute Gasteiger partial charge is 0.466 e. The third kappa shape index (κ3) is 13.7. The maximum atomic E-state index is 11.9. The lowest BCUT2D eigenvalue weighted by Crippen LogP contribution is -2.44. The number of likely N-dealkylation sites (N-methyl/N-ethyl adjacent to an activating group) is 1. The van der Waals surface area contributed by atoms with Crippen molar-refractivity contribution in [1.82, 2.24) is 0 Å². The van der Waals surface area contributed by atoms with Crippen molar-refractivity contribution in [3.05, 3.63) is 10.1 Å². The first-order valence-electron chi connectivity index (χ1n) is 8.07. The van der Waals surface area contributed by atoms with E-state index in [4.69, 9.17) is 9.47 Å². The van der Waals surface area contributed by atoms with Crippen LogP contribution in [0.4, 0.5) is 0 Å². The van der Waals surface area contributed by atoms with Crippen LogP contribution >= 0.6 is 0 Å². The van der Waals surface area contributed by atoms with Crippen LogP contribution < -0.4 is 0 Å². The molecule has 9 heteroatoms. The van der Waals surface area contributed by atoms with Crippen molar-refractivity contribution in [1.29, 1.82) is 0 Å². The van der Waals surface area contributed by atoms with Crippen molar-refractivity contribution >= 4 is 11.9 Å². The molecule has 0 aliphatic rings. The van der Waals surface area contributed by atoms with Crippen molar-refractivity contribution in [2.75, 3.05) is 40.9 Å². The number of hydrogen-bond acceptors (Lipinski definition) is 7. The van der Waals surface area contributed by atoms with E-state index in [9.17, 15) is 19.7 Å². The molecule has 0 aliphatic carbocycles.